The molecule has 4 aromatic heterocycles. The second-order valence-electron chi connectivity index (χ2n) is 13.8. The first kappa shape index (κ1) is 37.1. The number of aromatic nitrogens is 8. The molecule has 10 atom stereocenters. The van der Waals surface area contributed by atoms with E-state index in [1.807, 2.05) is 33.9 Å². The summed E-state index contributed by atoms with van der Waals surface area (Å²) in [6.45, 7) is 0.446. The van der Waals surface area contributed by atoms with E-state index < -0.39 is 84.3 Å². The van der Waals surface area contributed by atoms with Crippen molar-refractivity contribution >= 4 is 80.4 Å². The maximum absolute atomic E-state index is 16.2. The molecule has 0 saturated carbocycles. The van der Waals surface area contributed by atoms with Gasteiger partial charge in [0, 0.05) is 0 Å². The van der Waals surface area contributed by atoms with Crippen molar-refractivity contribution < 1.29 is 45.5 Å². The van der Waals surface area contributed by atoms with Crippen LogP contribution in [0.15, 0.2) is 25.3 Å². The van der Waals surface area contributed by atoms with Crippen LogP contribution in [0.5, 0.6) is 0 Å². The zero-order valence-electron chi connectivity index (χ0n) is 27.9. The number of nitrogen functional groups attached to an aromatic ring is 2. The van der Waals surface area contributed by atoms with E-state index in [-0.39, 0.29) is 27.8 Å². The first-order chi connectivity index (χ1) is 23.9. The van der Waals surface area contributed by atoms with Gasteiger partial charge in [-0.25, -0.2) is 43.4 Å². The summed E-state index contributed by atoms with van der Waals surface area (Å²) < 4.78 is 89.5. The summed E-state index contributed by atoms with van der Waals surface area (Å²) >= 11 is 8.45. The van der Waals surface area contributed by atoms with Gasteiger partial charge in [-0.1, -0.05) is 45.3 Å². The number of anilines is 2. The fraction of sp³-hybridized carbons (Fsp3) is 0.615. The maximum atomic E-state index is 16.2. The molecule has 0 aliphatic carbocycles. The van der Waals surface area contributed by atoms with Gasteiger partial charge in [0.25, 0.3) is 0 Å². The molecule has 7 rings (SSSR count). The molecule has 0 unspecified atom stereocenters. The normalized spacial score (nSPS) is 35.4. The Kier molecular flexibility index (Phi) is 9.62. The number of alkyl halides is 1. The number of hydrogen-bond acceptors (Lipinski definition) is 17. The summed E-state index contributed by atoms with van der Waals surface area (Å²) in [5.41, 5.74) is 13.0. The van der Waals surface area contributed by atoms with Crippen LogP contribution in [0, 0.1) is 0 Å². The Morgan fingerprint density at radius 1 is 0.824 bits per heavy atom. The van der Waals surface area contributed by atoms with Gasteiger partial charge in [-0.15, -0.1) is 0 Å². The molecule has 3 fully saturated rings. The molecular weight excluding hydrogens is 770 g/mol. The average Bonchev–Trinajstić information content (AvgIpc) is 3.80. The van der Waals surface area contributed by atoms with E-state index in [1.54, 1.807) is 4.57 Å². The van der Waals surface area contributed by atoms with Crippen LogP contribution in [-0.2, 0) is 41.1 Å². The van der Waals surface area contributed by atoms with Crippen LogP contribution >= 0.6 is 38.1 Å². The number of rotatable bonds is 4. The van der Waals surface area contributed by atoms with Gasteiger partial charge >= 0.3 is 13.6 Å². The van der Waals surface area contributed by atoms with E-state index >= 15 is 4.39 Å². The minimum Gasteiger partial charge on any atom is -0.407 e. The van der Waals surface area contributed by atoms with Crippen molar-refractivity contribution in [2.24, 2.45) is 0 Å². The van der Waals surface area contributed by atoms with E-state index in [0.717, 1.165) is 0 Å². The Morgan fingerprint density at radius 2 is 1.29 bits per heavy atom. The molecule has 278 valence electrons. The van der Waals surface area contributed by atoms with Gasteiger partial charge in [0.2, 0.25) is 0 Å². The van der Waals surface area contributed by atoms with Crippen molar-refractivity contribution in [3.63, 3.8) is 0 Å². The van der Waals surface area contributed by atoms with Crippen molar-refractivity contribution in [1.82, 2.24) is 39.0 Å². The summed E-state index contributed by atoms with van der Waals surface area (Å²) in [6.07, 6.45) is -5.40. The monoisotopic (exact) mass is 806 g/mol. The van der Waals surface area contributed by atoms with Gasteiger partial charge in [-0.05, 0) is 18.1 Å². The predicted molar refractivity (Wildman–Crippen MR) is 189 cm³/mol. The predicted octanol–water partition coefficient (Wildman–Crippen LogP) is 4.25. The number of hydrogen-bond donors (Lipinski definition) is 4. The van der Waals surface area contributed by atoms with Crippen molar-refractivity contribution in [1.29, 1.82) is 0 Å². The molecule has 3 saturated heterocycles. The fourth-order valence-electron chi connectivity index (χ4n) is 5.83. The van der Waals surface area contributed by atoms with E-state index in [1.165, 1.54) is 29.9 Å². The van der Waals surface area contributed by atoms with Gasteiger partial charge < -0.3 is 25.4 Å². The van der Waals surface area contributed by atoms with Crippen LogP contribution < -0.4 is 11.5 Å². The molecule has 4 aromatic rings. The minimum atomic E-state index is -4.36. The van der Waals surface area contributed by atoms with E-state index in [0.29, 0.717) is 11.2 Å². The van der Waals surface area contributed by atoms with Gasteiger partial charge in [0.15, 0.2) is 49.9 Å². The number of fused-ring (bicyclic) bond motifs is 4. The van der Waals surface area contributed by atoms with Crippen LogP contribution in [0.25, 0.3) is 22.3 Å². The standard InChI is InChI=1S/C26H37FN10O9P2S2Si/c1-26(2,3)51(4,5)46-19-18-13(43-25(19)37-11-35-16-21(29)31-9-33-23(16)37)7-41-47(38,49)44-17-12(6-40-48(39,50)45-18)42-24(14(17)27)36-10-34-15-20(28)30-8-32-22(15)36/h8-14,17-19,24-25H,6-7H2,1-5H3,(H,38,49)(H,39,50)(H2,28,30,32)(H2,29,31,33)/t12-,13-,14-,17-,18-,19-,24-,25-,47+,48-/m1/s1. The third-order valence-corrected chi connectivity index (χ3v) is 17.1. The number of nitrogens with two attached hydrogens (primary N) is 2. The smallest absolute Gasteiger partial charge is 0.386 e. The number of imidazole rings is 2. The zero-order chi connectivity index (χ0) is 36.7. The highest BCUT2D eigenvalue weighted by Crippen LogP contribution is 2.61. The molecule has 0 amide bonds. The van der Waals surface area contributed by atoms with Gasteiger partial charge in [-0.2, -0.15) is 0 Å². The zero-order valence-corrected chi connectivity index (χ0v) is 32.5. The quantitative estimate of drug-likeness (QED) is 0.128. The van der Waals surface area contributed by atoms with Crippen molar-refractivity contribution in [3.05, 3.63) is 25.3 Å². The first-order valence-electron chi connectivity index (χ1n) is 15.7. The van der Waals surface area contributed by atoms with Gasteiger partial charge in [0.05, 0.1) is 25.9 Å². The molecule has 0 bridgehead atoms. The second-order valence-corrected chi connectivity index (χ2v) is 24.3. The Bertz CT molecular complexity index is 2060. The van der Waals surface area contributed by atoms with Crippen LogP contribution in [0.1, 0.15) is 33.2 Å². The third kappa shape index (κ3) is 6.96. The summed E-state index contributed by atoms with van der Waals surface area (Å²) in [4.78, 5) is 24.9. The summed E-state index contributed by atoms with van der Waals surface area (Å²) in [7, 11) is -2.63. The molecule has 0 aromatic carbocycles. The van der Waals surface area contributed by atoms with E-state index in [9.17, 15) is 9.13 Å². The number of ether oxygens (including phenoxy) is 2. The lowest BCUT2D eigenvalue weighted by Crippen LogP contribution is -2.49. The number of nitrogens with zero attached hydrogens (tertiary/aromatic N) is 8. The molecule has 25 heteroatoms. The van der Waals surface area contributed by atoms with Crippen LogP contribution in [0.2, 0.25) is 18.1 Å². The van der Waals surface area contributed by atoms with Gasteiger partial charge in [0.1, 0.15) is 54.2 Å². The SMILES string of the molecule is CC(C)(C)[Si](C)(C)O[C@@H]1[C@@H]2O[P@](=O)(S)OC[C@H]3O[C@@H](n4cnc5c(N)ncnc54)[C@H](F)[C@@H]3O[P@@](=O)(S)OC[C@H]2O[C@H]1n1cnc2c(N)ncnc21. The van der Waals surface area contributed by atoms with Crippen molar-refractivity contribution in [2.45, 2.75) is 88.1 Å². The highest BCUT2D eigenvalue weighted by atomic mass is 32.7. The van der Waals surface area contributed by atoms with Gasteiger partial charge in [-0.3, -0.25) is 27.2 Å². The summed E-state index contributed by atoms with van der Waals surface area (Å²) in [6, 6.07) is 0. The Hall–Kier alpha value is -2.27. The summed E-state index contributed by atoms with van der Waals surface area (Å²) in [5, 5.41) is -0.288. The lowest BCUT2D eigenvalue weighted by Gasteiger charge is -2.40. The summed E-state index contributed by atoms with van der Waals surface area (Å²) in [5.74, 6) is 0.218. The lowest BCUT2D eigenvalue weighted by molar-refractivity contribution is -0.0552. The van der Waals surface area contributed by atoms with Crippen LogP contribution in [-0.4, -0.2) is 97.3 Å². The molecule has 7 heterocycles. The number of halogens is 1. The second kappa shape index (κ2) is 13.2. The molecular formula is C26H37FN10O9P2S2Si. The highest BCUT2D eigenvalue weighted by Gasteiger charge is 2.56. The molecule has 51 heavy (non-hydrogen) atoms. The van der Waals surface area contributed by atoms with Crippen LogP contribution in [0.4, 0.5) is 16.0 Å². The molecule has 3 aliphatic rings. The van der Waals surface area contributed by atoms with E-state index in [2.05, 4.69) is 54.4 Å². The van der Waals surface area contributed by atoms with E-state index in [4.69, 9.17) is 43.5 Å². The third-order valence-electron chi connectivity index (χ3n) is 9.43. The van der Waals surface area contributed by atoms with Crippen molar-refractivity contribution in [2.75, 3.05) is 24.7 Å². The Morgan fingerprint density at radius 3 is 1.82 bits per heavy atom. The first-order valence-corrected chi connectivity index (χ1v) is 24.0. The van der Waals surface area contributed by atoms with Crippen molar-refractivity contribution in [3.8, 4) is 0 Å². The fourth-order valence-corrected chi connectivity index (χ4v) is 10.1. The Labute approximate surface area is 302 Å². The molecule has 4 N–H and O–H groups in total. The molecule has 0 spiro atoms. The number of thiol groups is 2. The lowest BCUT2D eigenvalue weighted by atomic mass is 10.1. The molecule has 3 aliphatic heterocycles. The topological polar surface area (TPSA) is 238 Å². The average molecular weight is 807 g/mol. The highest BCUT2D eigenvalue weighted by molar-refractivity contribution is 8.44. The largest absolute Gasteiger partial charge is 0.407 e. The van der Waals surface area contributed by atoms with Crippen LogP contribution in [0.3, 0.4) is 0 Å². The molecule has 0 radical (unpaired) electrons. The Balaban J connectivity index is 1.23. The molecule has 19 nitrogen and oxygen atoms in total. The minimum absolute atomic E-state index is 0.0733. The maximum Gasteiger partial charge on any atom is 0.386 e.